The van der Waals surface area contributed by atoms with E-state index in [2.05, 4.69) is 20.3 Å². The molecule has 2 aromatic carbocycles. The molecule has 0 bridgehead atoms. The number of aromatic amines is 1. The molecule has 4 aromatic rings. The first-order valence-corrected chi connectivity index (χ1v) is 12.7. The summed E-state index contributed by atoms with van der Waals surface area (Å²) in [7, 11) is -3.56. The topological polar surface area (TPSA) is 114 Å². The summed E-state index contributed by atoms with van der Waals surface area (Å²) in [5.74, 6) is 0.0471. The number of fused-ring (bicyclic) bond motifs is 1. The van der Waals surface area contributed by atoms with Gasteiger partial charge in [0, 0.05) is 24.4 Å². The maximum absolute atomic E-state index is 13.2. The zero-order valence-corrected chi connectivity index (χ0v) is 19.5. The third kappa shape index (κ3) is 5.05. The van der Waals surface area contributed by atoms with E-state index in [9.17, 15) is 17.6 Å². The Balaban J connectivity index is 1.32. The Morgan fingerprint density at radius 1 is 1.06 bits per heavy atom. The second-order valence-corrected chi connectivity index (χ2v) is 10.2. The van der Waals surface area contributed by atoms with Crippen molar-refractivity contribution in [2.45, 2.75) is 25.3 Å². The minimum absolute atomic E-state index is 0.106. The quantitative estimate of drug-likeness (QED) is 0.441. The minimum atomic E-state index is -3.56. The van der Waals surface area contributed by atoms with Gasteiger partial charge in [-0.2, -0.15) is 4.31 Å². The molecule has 35 heavy (non-hydrogen) atoms. The van der Waals surface area contributed by atoms with Crippen molar-refractivity contribution in [3.8, 4) is 0 Å². The predicted molar refractivity (Wildman–Crippen MR) is 129 cm³/mol. The van der Waals surface area contributed by atoms with Gasteiger partial charge in [0.2, 0.25) is 10.0 Å². The van der Waals surface area contributed by atoms with E-state index in [4.69, 9.17) is 0 Å². The number of sulfonamides is 1. The largest absolute Gasteiger partial charge is 0.308 e. The highest BCUT2D eigenvalue weighted by atomic mass is 32.2. The highest BCUT2D eigenvalue weighted by Gasteiger charge is 2.29. The Kier molecular flexibility index (Phi) is 6.27. The van der Waals surface area contributed by atoms with Crippen molar-refractivity contribution >= 4 is 27.3 Å². The normalized spacial score (nSPS) is 15.8. The van der Waals surface area contributed by atoms with Crippen LogP contribution in [-0.4, -0.2) is 50.8 Å². The van der Waals surface area contributed by atoms with Gasteiger partial charge in [-0.1, -0.05) is 47.7 Å². The molecule has 1 saturated heterocycles. The standard InChI is InChI=1S/C24H23FN6O3S/c25-20-8-6-18(7-9-20)16-31-23-21(28-29-31)24(32)27-22(26-23)19-10-13-30(14-11-19)35(33,34)15-12-17-4-2-1-3-5-17/h1-9,12,15,19H,10-11,13-14,16H2,(H,26,27,32)/b15-12+. The smallest absolute Gasteiger partial charge is 0.281 e. The number of aromatic nitrogens is 5. The van der Waals surface area contributed by atoms with Crippen LogP contribution < -0.4 is 5.56 Å². The fourth-order valence-electron chi connectivity index (χ4n) is 4.14. The van der Waals surface area contributed by atoms with Crippen LogP contribution in [0.1, 0.15) is 35.7 Å². The summed E-state index contributed by atoms with van der Waals surface area (Å²) in [6.45, 7) is 0.930. The molecular formula is C24H23FN6O3S. The zero-order valence-electron chi connectivity index (χ0n) is 18.7. The van der Waals surface area contributed by atoms with Crippen molar-refractivity contribution in [1.82, 2.24) is 29.3 Å². The molecule has 1 N–H and O–H groups in total. The molecule has 3 heterocycles. The Labute approximate surface area is 201 Å². The van der Waals surface area contributed by atoms with Crippen LogP contribution >= 0.6 is 0 Å². The molecule has 180 valence electrons. The van der Waals surface area contributed by atoms with Gasteiger partial charge in [-0.25, -0.2) is 22.5 Å². The number of nitrogens with zero attached hydrogens (tertiary/aromatic N) is 5. The molecule has 0 aliphatic carbocycles. The maximum atomic E-state index is 13.2. The summed E-state index contributed by atoms with van der Waals surface area (Å²) in [4.78, 5) is 20.0. The van der Waals surface area contributed by atoms with Gasteiger partial charge in [-0.15, -0.1) is 5.10 Å². The summed E-state index contributed by atoms with van der Waals surface area (Å²) in [6.07, 6.45) is 2.63. The second kappa shape index (κ2) is 9.51. The maximum Gasteiger partial charge on any atom is 0.281 e. The van der Waals surface area contributed by atoms with Gasteiger partial charge in [-0.3, -0.25) is 4.79 Å². The Bertz CT molecular complexity index is 1520. The van der Waals surface area contributed by atoms with E-state index in [1.165, 1.54) is 26.5 Å². The second-order valence-electron chi connectivity index (χ2n) is 8.43. The lowest BCUT2D eigenvalue weighted by Crippen LogP contribution is -2.37. The van der Waals surface area contributed by atoms with Crippen molar-refractivity contribution < 1.29 is 12.8 Å². The van der Waals surface area contributed by atoms with Gasteiger partial charge in [0.15, 0.2) is 11.2 Å². The molecule has 0 saturated carbocycles. The van der Waals surface area contributed by atoms with E-state index >= 15 is 0 Å². The van der Waals surface area contributed by atoms with Gasteiger partial charge >= 0.3 is 0 Å². The molecular weight excluding hydrogens is 471 g/mol. The van der Waals surface area contributed by atoms with Gasteiger partial charge in [0.25, 0.3) is 5.56 Å². The van der Waals surface area contributed by atoms with Crippen molar-refractivity contribution in [3.63, 3.8) is 0 Å². The summed E-state index contributed by atoms with van der Waals surface area (Å²) in [5, 5.41) is 9.22. The molecule has 2 aromatic heterocycles. The third-order valence-electron chi connectivity index (χ3n) is 6.07. The van der Waals surface area contributed by atoms with Crippen LogP contribution in [0.3, 0.4) is 0 Å². The van der Waals surface area contributed by atoms with Gasteiger partial charge in [0.05, 0.1) is 6.54 Å². The lowest BCUT2D eigenvalue weighted by atomic mass is 9.97. The van der Waals surface area contributed by atoms with Gasteiger partial charge in [0.1, 0.15) is 11.6 Å². The first kappa shape index (κ1) is 23.1. The molecule has 0 unspecified atom stereocenters. The lowest BCUT2D eigenvalue weighted by molar-refractivity contribution is 0.316. The number of hydrogen-bond donors (Lipinski definition) is 1. The van der Waals surface area contributed by atoms with E-state index in [1.54, 1.807) is 18.2 Å². The van der Waals surface area contributed by atoms with Crippen molar-refractivity contribution in [2.75, 3.05) is 13.1 Å². The van der Waals surface area contributed by atoms with Crippen molar-refractivity contribution in [1.29, 1.82) is 0 Å². The molecule has 0 spiro atoms. The van der Waals surface area contributed by atoms with Gasteiger partial charge < -0.3 is 4.98 Å². The summed E-state index contributed by atoms with van der Waals surface area (Å²) < 4.78 is 41.7. The van der Waals surface area contributed by atoms with Crippen LogP contribution in [0.2, 0.25) is 0 Å². The number of hydrogen-bond acceptors (Lipinski definition) is 6. The fourth-order valence-corrected chi connectivity index (χ4v) is 5.37. The lowest BCUT2D eigenvalue weighted by Gasteiger charge is -2.29. The van der Waals surface area contributed by atoms with Crippen LogP contribution in [-0.2, 0) is 16.6 Å². The van der Waals surface area contributed by atoms with E-state index in [1.807, 2.05) is 30.3 Å². The van der Waals surface area contributed by atoms with Crippen LogP contribution in [0.5, 0.6) is 0 Å². The first-order valence-electron chi connectivity index (χ1n) is 11.2. The van der Waals surface area contributed by atoms with Crippen molar-refractivity contribution in [3.05, 3.63) is 93.1 Å². The molecule has 5 rings (SSSR count). The van der Waals surface area contributed by atoms with E-state index < -0.39 is 15.6 Å². The van der Waals surface area contributed by atoms with Crippen LogP contribution in [0.4, 0.5) is 4.39 Å². The number of H-pyrrole nitrogens is 1. The van der Waals surface area contributed by atoms with E-state index in [0.717, 1.165) is 11.1 Å². The summed E-state index contributed by atoms with van der Waals surface area (Å²) in [5.41, 5.74) is 1.68. The third-order valence-corrected chi connectivity index (χ3v) is 7.64. The average Bonchev–Trinajstić information content (AvgIpc) is 3.28. The molecule has 1 aliphatic rings. The number of benzene rings is 2. The number of halogens is 1. The average molecular weight is 495 g/mol. The predicted octanol–water partition coefficient (Wildman–Crippen LogP) is 2.88. The van der Waals surface area contributed by atoms with Gasteiger partial charge in [-0.05, 0) is 42.2 Å². The van der Waals surface area contributed by atoms with E-state index in [0.29, 0.717) is 37.4 Å². The highest BCUT2D eigenvalue weighted by Crippen LogP contribution is 2.27. The van der Waals surface area contributed by atoms with Crippen LogP contribution in [0.15, 0.2) is 64.8 Å². The summed E-state index contributed by atoms with van der Waals surface area (Å²) >= 11 is 0. The molecule has 0 amide bonds. The molecule has 0 atom stereocenters. The zero-order chi connectivity index (χ0) is 24.4. The Hall–Kier alpha value is -3.70. The number of piperidine rings is 1. The molecule has 0 radical (unpaired) electrons. The number of rotatable bonds is 6. The number of nitrogens with one attached hydrogen (secondary N) is 1. The van der Waals surface area contributed by atoms with Crippen LogP contribution in [0.25, 0.3) is 17.2 Å². The van der Waals surface area contributed by atoms with Crippen LogP contribution in [0, 0.1) is 5.82 Å². The Morgan fingerprint density at radius 2 is 1.77 bits per heavy atom. The SMILES string of the molecule is O=c1[nH]c(C2CCN(S(=O)(=O)/C=C/c3ccccc3)CC2)nc2c1nnn2Cc1ccc(F)cc1. The minimum Gasteiger partial charge on any atom is -0.308 e. The molecule has 11 heteroatoms. The Morgan fingerprint density at radius 3 is 2.49 bits per heavy atom. The van der Waals surface area contributed by atoms with E-state index in [-0.39, 0.29) is 23.8 Å². The first-order chi connectivity index (χ1) is 16.9. The highest BCUT2D eigenvalue weighted by molar-refractivity contribution is 7.92. The molecule has 1 aliphatic heterocycles. The van der Waals surface area contributed by atoms with Crippen molar-refractivity contribution in [2.24, 2.45) is 0 Å². The molecule has 1 fully saturated rings. The monoisotopic (exact) mass is 494 g/mol. The molecule has 9 nitrogen and oxygen atoms in total. The summed E-state index contributed by atoms with van der Waals surface area (Å²) in [6, 6.07) is 15.2. The fraction of sp³-hybridized carbons (Fsp3) is 0.250.